The van der Waals surface area contributed by atoms with E-state index < -0.39 is 0 Å². The van der Waals surface area contributed by atoms with Gasteiger partial charge in [-0.05, 0) is 40.0 Å². The van der Waals surface area contributed by atoms with Crippen LogP contribution in [0.3, 0.4) is 0 Å². The Morgan fingerprint density at radius 3 is 2.67 bits per heavy atom. The number of carbonyl (C=O) groups excluding carboxylic acids is 1. The van der Waals surface area contributed by atoms with E-state index in [-0.39, 0.29) is 42.0 Å². The first-order valence-electron chi connectivity index (χ1n) is 9.55. The van der Waals surface area contributed by atoms with Crippen molar-refractivity contribution in [3.63, 3.8) is 0 Å². The van der Waals surface area contributed by atoms with Crippen LogP contribution >= 0.6 is 24.0 Å². The number of nitrogens with one attached hydrogen (secondary N) is 3. The van der Waals surface area contributed by atoms with Crippen LogP contribution in [0.15, 0.2) is 4.99 Å². The summed E-state index contributed by atoms with van der Waals surface area (Å²) < 4.78 is 2.29. The van der Waals surface area contributed by atoms with E-state index in [1.165, 1.54) is 19.3 Å². The monoisotopic (exact) mass is 491 g/mol. The Labute approximate surface area is 179 Å². The second-order valence-corrected chi connectivity index (χ2v) is 7.75. The molecule has 0 saturated heterocycles. The molecule has 0 radical (unpaired) electrons. The summed E-state index contributed by atoms with van der Waals surface area (Å²) in [7, 11) is 1.70. The van der Waals surface area contributed by atoms with Gasteiger partial charge < -0.3 is 20.5 Å². The second-order valence-electron chi connectivity index (χ2n) is 7.75. The zero-order valence-electron chi connectivity index (χ0n) is 17.0. The van der Waals surface area contributed by atoms with Crippen LogP contribution in [-0.4, -0.2) is 52.3 Å². The average Bonchev–Trinajstić information content (AvgIpc) is 2.79. The van der Waals surface area contributed by atoms with Crippen molar-refractivity contribution in [2.75, 3.05) is 20.1 Å². The van der Waals surface area contributed by atoms with Crippen molar-refractivity contribution in [2.24, 2.45) is 4.99 Å². The Bertz CT molecular complexity index is 622. The molecular formula is C18H34IN7O. The molecule has 0 fully saturated rings. The van der Waals surface area contributed by atoms with Gasteiger partial charge in [0, 0.05) is 38.5 Å². The lowest BCUT2D eigenvalue weighted by atomic mass is 10.1. The number of hydrogen-bond donors (Lipinski definition) is 3. The molecule has 27 heavy (non-hydrogen) atoms. The third kappa shape index (κ3) is 8.44. The van der Waals surface area contributed by atoms with E-state index in [1.54, 1.807) is 7.05 Å². The SMILES string of the molecule is CN=C(NCCCc1nnc2n1CCCCC2)NCC(=O)NC(C)(C)C.I. The number of aliphatic imine (C=N–C) groups is 1. The van der Waals surface area contributed by atoms with Crippen molar-refractivity contribution in [3.05, 3.63) is 11.6 Å². The summed E-state index contributed by atoms with van der Waals surface area (Å²) in [4.78, 5) is 16.0. The largest absolute Gasteiger partial charge is 0.356 e. The summed E-state index contributed by atoms with van der Waals surface area (Å²) in [5, 5.41) is 17.9. The zero-order valence-corrected chi connectivity index (χ0v) is 19.3. The van der Waals surface area contributed by atoms with E-state index >= 15 is 0 Å². The Morgan fingerprint density at radius 1 is 1.19 bits per heavy atom. The molecule has 154 valence electrons. The maximum Gasteiger partial charge on any atom is 0.239 e. The Hall–Kier alpha value is -1.39. The highest BCUT2D eigenvalue weighted by atomic mass is 127. The molecule has 0 spiro atoms. The fourth-order valence-corrected chi connectivity index (χ4v) is 3.03. The highest BCUT2D eigenvalue weighted by molar-refractivity contribution is 14.0. The molecule has 9 heteroatoms. The first kappa shape index (κ1) is 23.6. The molecule has 1 amide bonds. The summed E-state index contributed by atoms with van der Waals surface area (Å²) in [6.45, 7) is 7.89. The van der Waals surface area contributed by atoms with E-state index in [1.807, 2.05) is 20.8 Å². The summed E-state index contributed by atoms with van der Waals surface area (Å²) >= 11 is 0. The predicted octanol–water partition coefficient (Wildman–Crippen LogP) is 1.63. The van der Waals surface area contributed by atoms with Crippen LogP contribution < -0.4 is 16.0 Å². The van der Waals surface area contributed by atoms with Gasteiger partial charge in [0.25, 0.3) is 0 Å². The molecule has 0 bridgehead atoms. The van der Waals surface area contributed by atoms with Crippen LogP contribution in [0.5, 0.6) is 0 Å². The standard InChI is InChI=1S/C18H33N7O.HI/c1-18(2,3)22-16(26)13-21-17(19-4)20-11-8-10-15-24-23-14-9-6-5-7-12-25(14)15;/h5-13H2,1-4H3,(H,22,26)(H2,19,20,21);1H. The molecule has 2 heterocycles. The maximum absolute atomic E-state index is 11.9. The van der Waals surface area contributed by atoms with E-state index in [4.69, 9.17) is 0 Å². The lowest BCUT2D eigenvalue weighted by Crippen LogP contribution is -2.48. The molecule has 0 aromatic carbocycles. The normalized spacial score (nSPS) is 14.6. The number of fused-ring (bicyclic) bond motifs is 1. The quantitative estimate of drug-likeness (QED) is 0.243. The van der Waals surface area contributed by atoms with Gasteiger partial charge in [0.15, 0.2) is 5.96 Å². The van der Waals surface area contributed by atoms with Crippen molar-refractivity contribution in [1.82, 2.24) is 30.7 Å². The first-order valence-corrected chi connectivity index (χ1v) is 9.55. The van der Waals surface area contributed by atoms with Crippen LogP contribution in [-0.2, 0) is 24.2 Å². The predicted molar refractivity (Wildman–Crippen MR) is 119 cm³/mol. The molecule has 8 nitrogen and oxygen atoms in total. The third-order valence-electron chi connectivity index (χ3n) is 4.21. The van der Waals surface area contributed by atoms with Crippen molar-refractivity contribution in [1.29, 1.82) is 0 Å². The van der Waals surface area contributed by atoms with Gasteiger partial charge in [-0.2, -0.15) is 0 Å². The van der Waals surface area contributed by atoms with Crippen LogP contribution in [0.2, 0.25) is 0 Å². The number of carbonyl (C=O) groups is 1. The Morgan fingerprint density at radius 2 is 1.96 bits per heavy atom. The maximum atomic E-state index is 11.9. The van der Waals surface area contributed by atoms with E-state index in [2.05, 4.69) is 35.7 Å². The molecule has 1 aliphatic rings. The lowest BCUT2D eigenvalue weighted by Gasteiger charge is -2.21. The van der Waals surface area contributed by atoms with Gasteiger partial charge in [-0.25, -0.2) is 0 Å². The minimum atomic E-state index is -0.230. The molecular weight excluding hydrogens is 457 g/mol. The fourth-order valence-electron chi connectivity index (χ4n) is 3.03. The van der Waals surface area contributed by atoms with Crippen molar-refractivity contribution in [3.8, 4) is 0 Å². The van der Waals surface area contributed by atoms with Gasteiger partial charge in [0.1, 0.15) is 11.6 Å². The van der Waals surface area contributed by atoms with Gasteiger partial charge in [-0.1, -0.05) is 6.42 Å². The third-order valence-corrected chi connectivity index (χ3v) is 4.21. The fraction of sp³-hybridized carbons (Fsp3) is 0.778. The first-order chi connectivity index (χ1) is 12.4. The molecule has 0 unspecified atom stereocenters. The zero-order chi connectivity index (χ0) is 19.0. The smallest absolute Gasteiger partial charge is 0.239 e. The van der Waals surface area contributed by atoms with Gasteiger partial charge in [0.2, 0.25) is 5.91 Å². The highest BCUT2D eigenvalue weighted by Gasteiger charge is 2.15. The summed E-state index contributed by atoms with van der Waals surface area (Å²) in [6, 6.07) is 0. The van der Waals surface area contributed by atoms with Gasteiger partial charge >= 0.3 is 0 Å². The minimum absolute atomic E-state index is 0. The molecule has 0 aliphatic carbocycles. The van der Waals surface area contributed by atoms with Crippen molar-refractivity contribution >= 4 is 35.8 Å². The van der Waals surface area contributed by atoms with E-state index in [0.29, 0.717) is 5.96 Å². The Balaban J connectivity index is 0.00000364. The van der Waals surface area contributed by atoms with Crippen LogP contribution in [0.4, 0.5) is 0 Å². The number of halogens is 1. The van der Waals surface area contributed by atoms with E-state index in [0.717, 1.165) is 44.0 Å². The summed E-state index contributed by atoms with van der Waals surface area (Å²) in [6.07, 6.45) is 6.57. The second kappa shape index (κ2) is 11.5. The lowest BCUT2D eigenvalue weighted by molar-refractivity contribution is -0.121. The van der Waals surface area contributed by atoms with Gasteiger partial charge in [-0.3, -0.25) is 9.79 Å². The summed E-state index contributed by atoms with van der Waals surface area (Å²) in [5.74, 6) is 2.80. The average molecular weight is 491 g/mol. The minimum Gasteiger partial charge on any atom is -0.356 e. The Kier molecular flexibility index (Phi) is 10.0. The topological polar surface area (TPSA) is 96.2 Å². The van der Waals surface area contributed by atoms with Crippen LogP contribution in [0.1, 0.15) is 58.1 Å². The highest BCUT2D eigenvalue weighted by Crippen LogP contribution is 2.15. The number of hydrogen-bond acceptors (Lipinski definition) is 4. The summed E-state index contributed by atoms with van der Waals surface area (Å²) in [5.41, 5.74) is -0.230. The van der Waals surface area contributed by atoms with Gasteiger partial charge in [0.05, 0.1) is 6.54 Å². The molecule has 3 N–H and O–H groups in total. The number of amides is 1. The van der Waals surface area contributed by atoms with Crippen LogP contribution in [0.25, 0.3) is 0 Å². The molecule has 2 rings (SSSR count). The van der Waals surface area contributed by atoms with Gasteiger partial charge in [-0.15, -0.1) is 34.2 Å². The number of aromatic nitrogens is 3. The van der Waals surface area contributed by atoms with E-state index in [9.17, 15) is 4.79 Å². The molecule has 0 atom stereocenters. The molecule has 1 aromatic heterocycles. The number of nitrogens with zero attached hydrogens (tertiary/aromatic N) is 4. The van der Waals surface area contributed by atoms with Crippen molar-refractivity contribution < 1.29 is 4.79 Å². The van der Waals surface area contributed by atoms with Crippen LogP contribution in [0, 0.1) is 0 Å². The number of guanidine groups is 1. The molecule has 1 aliphatic heterocycles. The number of aryl methyl sites for hydroxylation is 2. The van der Waals surface area contributed by atoms with Crippen molar-refractivity contribution in [2.45, 2.75) is 71.4 Å². The number of rotatable bonds is 6. The molecule has 1 aromatic rings. The molecule has 0 saturated carbocycles.